The van der Waals surface area contributed by atoms with Crippen molar-refractivity contribution < 1.29 is 32.0 Å². The third-order valence-electron chi connectivity index (χ3n) is 7.03. The summed E-state index contributed by atoms with van der Waals surface area (Å²) < 4.78 is 64.4. The predicted octanol–water partition coefficient (Wildman–Crippen LogP) is 5.06. The van der Waals surface area contributed by atoms with Gasteiger partial charge in [-0.1, -0.05) is 24.5 Å². The van der Waals surface area contributed by atoms with Gasteiger partial charge in [-0.2, -0.15) is 0 Å². The van der Waals surface area contributed by atoms with Gasteiger partial charge in [0, 0.05) is 65.9 Å². The quantitative estimate of drug-likeness (QED) is 0.152. The molecule has 0 radical (unpaired) electrons. The molecule has 1 aliphatic carbocycles. The lowest BCUT2D eigenvalue weighted by atomic mass is 9.89. The van der Waals surface area contributed by atoms with E-state index in [0.29, 0.717) is 71.0 Å². The maximum Gasteiger partial charge on any atom is 0.305 e. The van der Waals surface area contributed by atoms with E-state index in [2.05, 4.69) is 15.0 Å². The van der Waals surface area contributed by atoms with Crippen molar-refractivity contribution in [3.8, 4) is 22.5 Å². The molecule has 7 nitrogen and oxygen atoms in total. The highest BCUT2D eigenvalue weighted by molar-refractivity contribution is 6.09. The van der Waals surface area contributed by atoms with Crippen LogP contribution in [0.1, 0.15) is 69.2 Å². The number of nitrogens with one attached hydrogen (secondary N) is 2. The van der Waals surface area contributed by atoms with E-state index in [0.717, 1.165) is 0 Å². The summed E-state index contributed by atoms with van der Waals surface area (Å²) in [7, 11) is 2.91. The molecule has 0 spiro atoms. The van der Waals surface area contributed by atoms with Gasteiger partial charge in [0.05, 0.1) is 21.4 Å². The van der Waals surface area contributed by atoms with Crippen molar-refractivity contribution in [1.29, 1.82) is 0 Å². The summed E-state index contributed by atoms with van der Waals surface area (Å²) >= 11 is 0. The Morgan fingerprint density at radius 3 is 2.56 bits per heavy atom. The van der Waals surface area contributed by atoms with Gasteiger partial charge in [0.25, 0.3) is 5.91 Å². The maximum atomic E-state index is 14.2. The van der Waals surface area contributed by atoms with E-state index in [4.69, 9.17) is 12.6 Å². The van der Waals surface area contributed by atoms with Gasteiger partial charge in [-0.3, -0.25) is 9.59 Å². The van der Waals surface area contributed by atoms with E-state index in [-0.39, 0.29) is 53.5 Å². The topological polar surface area (TPSA) is 85.8 Å². The monoisotopic (exact) mass is 562 g/mol. The molecular weight excluding hydrogens is 514 g/mol. The molecule has 2 aromatic rings. The number of esters is 1. The van der Waals surface area contributed by atoms with E-state index in [9.17, 15) is 9.59 Å². The molecule has 0 saturated heterocycles. The summed E-state index contributed by atoms with van der Waals surface area (Å²) in [5.74, 6) is -0.777. The van der Waals surface area contributed by atoms with Gasteiger partial charge in [0.15, 0.2) is 0 Å². The first-order chi connectivity index (χ1) is 22.3. The molecule has 2 aromatic carbocycles. The number of aryl methyl sites for hydroxylation is 2. The van der Waals surface area contributed by atoms with E-state index >= 15 is 0 Å². The van der Waals surface area contributed by atoms with Crippen LogP contribution in [0.2, 0.25) is 0 Å². The molecule has 2 N–H and O–H groups in total. The lowest BCUT2D eigenvalue weighted by Crippen LogP contribution is -2.76. The summed E-state index contributed by atoms with van der Waals surface area (Å²) in [6.45, 7) is 8.87. The Morgan fingerprint density at radius 1 is 1.05 bits per heavy atom. The van der Waals surface area contributed by atoms with Crippen molar-refractivity contribution in [3.05, 3.63) is 70.4 Å². The van der Waals surface area contributed by atoms with E-state index in [1.807, 2.05) is 27.7 Å². The van der Waals surface area contributed by atoms with E-state index in [1.165, 1.54) is 12.0 Å². The van der Waals surface area contributed by atoms with Gasteiger partial charge in [-0.15, -0.1) is 0 Å². The minimum Gasteiger partial charge on any atom is -0.469 e. The average Bonchev–Trinajstić information content (AvgIpc) is 3.04. The summed E-state index contributed by atoms with van der Waals surface area (Å²) in [6, 6.07) is 1.72. The van der Waals surface area contributed by atoms with Crippen molar-refractivity contribution in [3.63, 3.8) is 0 Å². The van der Waals surface area contributed by atoms with Gasteiger partial charge in [-0.25, -0.2) is 4.99 Å². The van der Waals surface area contributed by atoms with Crippen molar-refractivity contribution in [1.82, 2.24) is 4.90 Å². The lowest BCUT2D eigenvalue weighted by Gasteiger charge is -2.22. The van der Waals surface area contributed by atoms with Crippen molar-refractivity contribution in [2.24, 2.45) is 0 Å². The van der Waals surface area contributed by atoms with Crippen molar-refractivity contribution in [2.45, 2.75) is 53.4 Å². The smallest absolute Gasteiger partial charge is 0.305 e. The Hall–Kier alpha value is -4.13. The first-order valence-corrected chi connectivity index (χ1v) is 14.0. The Labute approximate surface area is 251 Å². The van der Waals surface area contributed by atoms with Crippen LogP contribution in [-0.2, 0) is 9.53 Å². The van der Waals surface area contributed by atoms with Crippen LogP contribution in [0.3, 0.4) is 0 Å². The summed E-state index contributed by atoms with van der Waals surface area (Å²) in [6.07, 6.45) is 2.08. The third kappa shape index (κ3) is 6.62. The number of fused-ring (bicyclic) bond motifs is 2. The molecule has 0 unspecified atom stereocenters. The second kappa shape index (κ2) is 13.5. The highest BCUT2D eigenvalue weighted by Gasteiger charge is 2.24. The number of anilines is 1. The van der Waals surface area contributed by atoms with Gasteiger partial charge in [-0.05, 0) is 69.8 Å². The standard InChI is InChI=1S/C34H41N3O4/c1-7-35-28-20-30-26(18-22(28)3)33(27-19-23(4)29(36-8-2)21-31(27)41-30)24-14-11-12-15-25(24)34(39)37(5)17-13-9-10-16-32(38)40-6/h11-12,14-15,18-21,35H,7-10,13,16-17H2,1-6H3/p+1/i11D,12D,14D,15D,20D,21D. The van der Waals surface area contributed by atoms with Crippen LogP contribution >= 0.6 is 0 Å². The zero-order valence-corrected chi connectivity index (χ0v) is 24.7. The second-order valence-electron chi connectivity index (χ2n) is 10.0. The predicted molar refractivity (Wildman–Crippen MR) is 164 cm³/mol. The number of unbranched alkanes of at least 4 members (excludes halogenated alkanes) is 2. The highest BCUT2D eigenvalue weighted by atomic mass is 16.5. The zero-order chi connectivity index (χ0) is 34.7. The summed E-state index contributed by atoms with van der Waals surface area (Å²) in [4.78, 5) is 30.3. The Bertz CT molecular complexity index is 1910. The van der Waals surface area contributed by atoms with Crippen LogP contribution < -0.4 is 15.7 Å². The van der Waals surface area contributed by atoms with Crippen LogP contribution in [0.15, 0.2) is 52.8 Å². The number of carbonyl (C=O) groups excluding carboxylic acids is 2. The Kier molecular flexibility index (Phi) is 7.42. The molecule has 41 heavy (non-hydrogen) atoms. The molecule has 0 atom stereocenters. The fourth-order valence-electron chi connectivity index (χ4n) is 4.89. The fraction of sp³-hybridized carbons (Fsp3) is 0.382. The molecule has 0 fully saturated rings. The molecule has 0 bridgehead atoms. The first kappa shape index (κ1) is 22.5. The molecule has 0 aromatic heterocycles. The maximum absolute atomic E-state index is 14.2. The van der Waals surface area contributed by atoms with Crippen LogP contribution in [0.5, 0.6) is 0 Å². The zero-order valence-electron chi connectivity index (χ0n) is 30.7. The Morgan fingerprint density at radius 2 is 1.83 bits per heavy atom. The number of rotatable bonds is 11. The van der Waals surface area contributed by atoms with Crippen LogP contribution in [-0.4, -0.2) is 50.6 Å². The van der Waals surface area contributed by atoms with E-state index < -0.39 is 30.1 Å². The second-order valence-corrected chi connectivity index (χ2v) is 10.0. The SMILES string of the molecule is [2H]c1c([2H])c([2H])c(-c2c3cc(C)c(=[NH+]CC)c([2H])c-3oc3c([2H])c(NCC)c(C)cc23)c(C(=O)N(C)CCCCCC(=O)OC)c1[2H]. The van der Waals surface area contributed by atoms with Crippen LogP contribution in [0.25, 0.3) is 33.4 Å². The highest BCUT2D eigenvalue weighted by Crippen LogP contribution is 2.43. The molecule has 1 aliphatic heterocycles. The summed E-state index contributed by atoms with van der Waals surface area (Å²) in [5.41, 5.74) is 2.55. The normalized spacial score (nSPS) is 13.8. The van der Waals surface area contributed by atoms with Crippen LogP contribution in [0, 0.1) is 13.8 Å². The van der Waals surface area contributed by atoms with Crippen molar-refractivity contribution in [2.75, 3.05) is 39.1 Å². The van der Waals surface area contributed by atoms with Gasteiger partial charge in [0.2, 0.25) is 5.36 Å². The van der Waals surface area contributed by atoms with Gasteiger partial charge >= 0.3 is 5.97 Å². The minimum atomic E-state index is -0.596. The van der Waals surface area contributed by atoms with Gasteiger partial charge < -0.3 is 19.4 Å². The molecule has 4 rings (SSSR count). The molecular formula is C34H42N3O4+. The first-order valence-electron chi connectivity index (χ1n) is 17.0. The molecule has 1 amide bonds. The third-order valence-corrected chi connectivity index (χ3v) is 7.03. The minimum absolute atomic E-state index is 0.0191. The number of methoxy groups -OCH3 is 1. The number of carbonyl (C=O) groups is 2. The van der Waals surface area contributed by atoms with Gasteiger partial charge in [0.1, 0.15) is 17.9 Å². The molecule has 7 heteroatoms. The largest absolute Gasteiger partial charge is 0.469 e. The number of amides is 1. The van der Waals surface area contributed by atoms with Crippen LogP contribution in [0.4, 0.5) is 5.69 Å². The van der Waals surface area contributed by atoms with E-state index in [1.54, 1.807) is 19.2 Å². The molecule has 216 valence electrons. The van der Waals surface area contributed by atoms with Crippen molar-refractivity contribution >= 4 is 28.5 Å². The molecule has 2 aliphatic rings. The summed E-state index contributed by atoms with van der Waals surface area (Å²) in [5, 5.41) is 4.13. The lowest BCUT2D eigenvalue weighted by molar-refractivity contribution is -0.496. The fourth-order valence-corrected chi connectivity index (χ4v) is 4.89. The number of hydrogen-bond acceptors (Lipinski definition) is 5. The number of hydrogen-bond donors (Lipinski definition) is 2. The number of nitrogens with zero attached hydrogens (tertiary/aromatic N) is 1. The number of ether oxygens (including phenoxy) is 1. The average molecular weight is 563 g/mol. The molecule has 1 heterocycles. The molecule has 0 saturated carbocycles. The Balaban J connectivity index is 2.07. The number of benzene rings is 3.